The highest BCUT2D eigenvalue weighted by atomic mass is 35.5. The van der Waals surface area contributed by atoms with E-state index in [0.29, 0.717) is 0 Å². The third kappa shape index (κ3) is 1.39. The zero-order chi connectivity index (χ0) is 11.2. The van der Waals surface area contributed by atoms with Crippen LogP contribution in [0.1, 0.15) is 5.56 Å². The average Bonchev–Trinajstić information content (AvgIpc) is 2.19. The molecule has 1 aliphatic heterocycles. The summed E-state index contributed by atoms with van der Waals surface area (Å²) in [4.78, 5) is 42.6. The van der Waals surface area contributed by atoms with Gasteiger partial charge in [-0.3, -0.25) is 14.4 Å². The van der Waals surface area contributed by atoms with E-state index in [1.807, 2.05) is 0 Å². The van der Waals surface area contributed by atoms with Crippen molar-refractivity contribution in [2.75, 3.05) is 0 Å². The summed E-state index contributed by atoms with van der Waals surface area (Å²) in [6, 6.07) is 0. The van der Waals surface area contributed by atoms with Gasteiger partial charge in [0.2, 0.25) is 5.43 Å². The standard InChI is InChI=1S/C8H4ClN3O3/c1-2-4(13)3-6(11-5(2)9)12-8(15)7(14)10-3/h1H3,(H,11,12,15). The minimum atomic E-state index is -1.05. The number of carbonyl (C=O) groups excluding carboxylic acids is 2. The van der Waals surface area contributed by atoms with Crippen molar-refractivity contribution in [3.63, 3.8) is 0 Å². The van der Waals surface area contributed by atoms with Gasteiger partial charge in [-0.15, -0.1) is 0 Å². The van der Waals surface area contributed by atoms with Gasteiger partial charge in [-0.2, -0.15) is 9.98 Å². The first-order chi connectivity index (χ1) is 7.00. The number of nitrogens with zero attached hydrogens (tertiary/aromatic N) is 2. The smallest absolute Gasteiger partial charge is 0.328 e. The van der Waals surface area contributed by atoms with Crippen LogP contribution in [-0.2, 0) is 9.59 Å². The van der Waals surface area contributed by atoms with E-state index in [-0.39, 0.29) is 21.6 Å². The van der Waals surface area contributed by atoms with Crippen molar-refractivity contribution in [1.82, 2.24) is 4.98 Å². The first-order valence-corrected chi connectivity index (χ1v) is 4.32. The minimum Gasteiger partial charge on any atom is -0.328 e. The summed E-state index contributed by atoms with van der Waals surface area (Å²) in [5, 5.41) is -0.0821. The number of aromatic nitrogens is 1. The highest BCUT2D eigenvalue weighted by Crippen LogP contribution is 2.01. The van der Waals surface area contributed by atoms with Gasteiger partial charge in [0.25, 0.3) is 0 Å². The summed E-state index contributed by atoms with van der Waals surface area (Å²) in [6.07, 6.45) is 0. The Bertz CT molecular complexity index is 659. The van der Waals surface area contributed by atoms with Gasteiger partial charge in [0.1, 0.15) is 5.15 Å². The van der Waals surface area contributed by atoms with Crippen molar-refractivity contribution in [1.29, 1.82) is 0 Å². The molecule has 1 aromatic heterocycles. The molecule has 0 radical (unpaired) electrons. The Morgan fingerprint density at radius 3 is 2.40 bits per heavy atom. The lowest BCUT2D eigenvalue weighted by Gasteiger charge is -2.00. The summed E-state index contributed by atoms with van der Waals surface area (Å²) >= 11 is 5.68. The zero-order valence-corrected chi connectivity index (χ0v) is 8.25. The van der Waals surface area contributed by atoms with E-state index in [0.717, 1.165) is 0 Å². The van der Waals surface area contributed by atoms with E-state index in [2.05, 4.69) is 15.0 Å². The molecular weight excluding hydrogens is 222 g/mol. The Labute approximate surface area is 87.3 Å². The lowest BCUT2D eigenvalue weighted by atomic mass is 10.3. The summed E-state index contributed by atoms with van der Waals surface area (Å²) in [5.74, 6) is -2.06. The van der Waals surface area contributed by atoms with Crippen LogP contribution in [0.2, 0.25) is 5.15 Å². The molecular formula is C8H4ClN3O3. The maximum atomic E-state index is 11.6. The number of nitrogens with one attached hydrogen (secondary N) is 1. The van der Waals surface area contributed by atoms with Crippen molar-refractivity contribution in [2.24, 2.45) is 9.98 Å². The van der Waals surface area contributed by atoms with E-state index in [1.54, 1.807) is 0 Å². The van der Waals surface area contributed by atoms with Gasteiger partial charge in [-0.25, -0.2) is 0 Å². The van der Waals surface area contributed by atoms with E-state index in [1.165, 1.54) is 6.92 Å². The summed E-state index contributed by atoms with van der Waals surface area (Å²) in [6.45, 7) is 1.48. The van der Waals surface area contributed by atoms with Crippen LogP contribution in [0, 0.1) is 6.92 Å². The van der Waals surface area contributed by atoms with Crippen molar-refractivity contribution in [3.8, 4) is 0 Å². The number of aromatic amines is 1. The van der Waals surface area contributed by atoms with Gasteiger partial charge in [-0.1, -0.05) is 11.6 Å². The summed E-state index contributed by atoms with van der Waals surface area (Å²) in [5.41, 5.74) is -0.338. The normalized spacial score (nSPS) is 14.3. The second-order valence-corrected chi connectivity index (χ2v) is 3.30. The third-order valence-electron chi connectivity index (χ3n) is 1.95. The molecule has 1 aliphatic rings. The van der Waals surface area contributed by atoms with Crippen LogP contribution in [0.4, 0.5) is 0 Å². The first-order valence-electron chi connectivity index (χ1n) is 3.95. The van der Waals surface area contributed by atoms with E-state index in [9.17, 15) is 14.4 Å². The Kier molecular flexibility index (Phi) is 2.01. The number of pyridine rings is 1. The van der Waals surface area contributed by atoms with Gasteiger partial charge in [-0.05, 0) is 6.92 Å². The van der Waals surface area contributed by atoms with Crippen LogP contribution in [0.15, 0.2) is 14.8 Å². The molecule has 1 aromatic rings. The van der Waals surface area contributed by atoms with E-state index < -0.39 is 17.2 Å². The predicted molar refractivity (Wildman–Crippen MR) is 49.1 cm³/mol. The summed E-state index contributed by atoms with van der Waals surface area (Å²) in [7, 11) is 0. The van der Waals surface area contributed by atoms with Gasteiger partial charge < -0.3 is 4.98 Å². The molecule has 6 nitrogen and oxygen atoms in total. The van der Waals surface area contributed by atoms with Crippen LogP contribution in [0.3, 0.4) is 0 Å². The lowest BCUT2D eigenvalue weighted by Crippen LogP contribution is -2.47. The maximum Gasteiger partial charge on any atom is 0.339 e. The number of amides is 2. The lowest BCUT2D eigenvalue weighted by molar-refractivity contribution is -0.135. The van der Waals surface area contributed by atoms with Crippen LogP contribution < -0.4 is 16.3 Å². The molecule has 1 N–H and O–H groups in total. The highest BCUT2D eigenvalue weighted by molar-refractivity contribution is 6.36. The number of carbonyl (C=O) groups is 2. The van der Waals surface area contributed by atoms with Crippen molar-refractivity contribution in [3.05, 3.63) is 31.8 Å². The number of H-pyrrole nitrogens is 1. The molecule has 0 bridgehead atoms. The van der Waals surface area contributed by atoms with Crippen LogP contribution in [0.25, 0.3) is 0 Å². The fraction of sp³-hybridized carbons (Fsp3) is 0.125. The molecule has 2 rings (SSSR count). The Morgan fingerprint density at radius 1 is 1.13 bits per heavy atom. The molecule has 0 saturated carbocycles. The molecule has 0 spiro atoms. The van der Waals surface area contributed by atoms with E-state index >= 15 is 0 Å². The quantitative estimate of drug-likeness (QED) is 0.437. The molecule has 76 valence electrons. The molecule has 2 amide bonds. The fourth-order valence-corrected chi connectivity index (χ4v) is 1.30. The molecule has 0 aliphatic carbocycles. The van der Waals surface area contributed by atoms with Crippen LogP contribution in [0.5, 0.6) is 0 Å². The third-order valence-corrected chi connectivity index (χ3v) is 2.32. The monoisotopic (exact) mass is 225 g/mol. The second kappa shape index (κ2) is 3.09. The first kappa shape index (κ1) is 9.72. The Balaban J connectivity index is 3.04. The largest absolute Gasteiger partial charge is 0.339 e. The number of fused-ring (bicyclic) bond motifs is 1. The molecule has 0 atom stereocenters. The molecule has 0 fully saturated rings. The molecule has 0 saturated heterocycles. The molecule has 15 heavy (non-hydrogen) atoms. The molecule has 0 aromatic carbocycles. The van der Waals surface area contributed by atoms with Crippen molar-refractivity contribution < 1.29 is 9.59 Å². The Hall–Kier alpha value is -1.82. The van der Waals surface area contributed by atoms with Crippen molar-refractivity contribution in [2.45, 2.75) is 6.92 Å². The van der Waals surface area contributed by atoms with Gasteiger partial charge in [0.05, 0.1) is 0 Å². The van der Waals surface area contributed by atoms with Gasteiger partial charge in [0.15, 0.2) is 10.8 Å². The number of halogens is 1. The maximum absolute atomic E-state index is 11.6. The molecule has 7 heteroatoms. The second-order valence-electron chi connectivity index (χ2n) is 2.92. The van der Waals surface area contributed by atoms with Gasteiger partial charge in [0, 0.05) is 5.56 Å². The highest BCUT2D eigenvalue weighted by Gasteiger charge is 2.18. The minimum absolute atomic E-state index is 0.0693. The zero-order valence-electron chi connectivity index (χ0n) is 7.50. The Morgan fingerprint density at radius 2 is 1.73 bits per heavy atom. The van der Waals surface area contributed by atoms with Crippen LogP contribution >= 0.6 is 11.6 Å². The number of hydrogen-bond donors (Lipinski definition) is 1. The molecule has 2 heterocycles. The van der Waals surface area contributed by atoms with Crippen LogP contribution in [-0.4, -0.2) is 16.8 Å². The average molecular weight is 226 g/mol. The molecule has 0 unspecified atom stereocenters. The summed E-state index contributed by atoms with van der Waals surface area (Å²) < 4.78 is 0. The van der Waals surface area contributed by atoms with Crippen molar-refractivity contribution >= 4 is 23.4 Å². The topological polar surface area (TPSA) is 91.7 Å². The predicted octanol–water partition coefficient (Wildman–Crippen LogP) is -1.36. The SMILES string of the molecule is Cc1c(Cl)[nH]c2c(c1=O)=NC(=O)C(=O)N=2. The fourth-order valence-electron chi connectivity index (χ4n) is 1.13. The van der Waals surface area contributed by atoms with E-state index in [4.69, 9.17) is 11.6 Å². The van der Waals surface area contributed by atoms with Gasteiger partial charge >= 0.3 is 11.8 Å². The number of hydrogen-bond acceptors (Lipinski definition) is 3. The number of rotatable bonds is 0.